The zero-order chi connectivity index (χ0) is 24.2. The van der Waals surface area contributed by atoms with Crippen molar-refractivity contribution in [3.05, 3.63) is 59.9 Å². The van der Waals surface area contributed by atoms with Crippen molar-refractivity contribution in [1.29, 1.82) is 0 Å². The van der Waals surface area contributed by atoms with Gasteiger partial charge in [0.2, 0.25) is 20.0 Å². The summed E-state index contributed by atoms with van der Waals surface area (Å²) in [6, 6.07) is 10.1. The molecule has 1 N–H and O–H groups in total. The fourth-order valence-electron chi connectivity index (χ4n) is 3.16. The van der Waals surface area contributed by atoms with Crippen LogP contribution in [0.5, 0.6) is 0 Å². The number of carbonyl (C=O) groups excluding carboxylic acids is 2. The number of halogens is 1. The molecule has 0 aromatic heterocycles. The molecule has 10 nitrogen and oxygen atoms in total. The Morgan fingerprint density at radius 3 is 2.24 bits per heavy atom. The van der Waals surface area contributed by atoms with E-state index in [2.05, 4.69) is 4.72 Å². The summed E-state index contributed by atoms with van der Waals surface area (Å²) in [6.07, 6.45) is 0.974. The van der Waals surface area contributed by atoms with Crippen LogP contribution < -0.4 is 4.72 Å². The molecule has 0 spiro atoms. The molecule has 0 bridgehead atoms. The fourth-order valence-corrected chi connectivity index (χ4v) is 5.14. The van der Waals surface area contributed by atoms with Crippen LogP contribution in [-0.4, -0.2) is 77.0 Å². The second-order valence-corrected chi connectivity index (χ2v) is 11.0. The Hall–Kier alpha value is -3.03. The largest absolute Gasteiger partial charge is 0.452 e. The Labute approximate surface area is 191 Å². The molecule has 2 aromatic carbocycles. The van der Waals surface area contributed by atoms with Crippen molar-refractivity contribution in [3.8, 4) is 0 Å². The van der Waals surface area contributed by atoms with Gasteiger partial charge in [-0.1, -0.05) is 6.07 Å². The molecule has 1 fully saturated rings. The van der Waals surface area contributed by atoms with E-state index >= 15 is 0 Å². The zero-order valence-electron chi connectivity index (χ0n) is 17.6. The fraction of sp³-hybridized carbons (Fsp3) is 0.300. The van der Waals surface area contributed by atoms with E-state index in [1.165, 1.54) is 45.6 Å². The summed E-state index contributed by atoms with van der Waals surface area (Å²) in [5, 5.41) is 0. The van der Waals surface area contributed by atoms with Gasteiger partial charge in [-0.25, -0.2) is 26.0 Å². The second-order valence-electron chi connectivity index (χ2n) is 7.27. The maximum Gasteiger partial charge on any atom is 0.338 e. The third-order valence-electron chi connectivity index (χ3n) is 4.77. The second kappa shape index (κ2) is 9.85. The molecule has 3 rings (SSSR count). The number of sulfonamides is 2. The highest BCUT2D eigenvalue weighted by atomic mass is 32.2. The molecule has 0 aliphatic carbocycles. The Kier molecular flexibility index (Phi) is 7.34. The number of hydrogen-bond acceptors (Lipinski definition) is 7. The van der Waals surface area contributed by atoms with Crippen molar-refractivity contribution < 1.29 is 35.6 Å². The number of nitrogens with zero attached hydrogens (tertiary/aromatic N) is 2. The molecule has 0 radical (unpaired) electrons. The van der Waals surface area contributed by atoms with Gasteiger partial charge < -0.3 is 9.64 Å². The van der Waals surface area contributed by atoms with E-state index in [0.29, 0.717) is 0 Å². The summed E-state index contributed by atoms with van der Waals surface area (Å²) in [4.78, 5) is 26.0. The van der Waals surface area contributed by atoms with Crippen LogP contribution in [0.4, 0.5) is 10.1 Å². The summed E-state index contributed by atoms with van der Waals surface area (Å²) in [5.41, 5.74) is 0.239. The quantitative estimate of drug-likeness (QED) is 0.560. The van der Waals surface area contributed by atoms with Gasteiger partial charge in [0, 0.05) is 31.9 Å². The van der Waals surface area contributed by atoms with Crippen LogP contribution in [0.1, 0.15) is 10.4 Å². The molecule has 178 valence electrons. The first-order valence-corrected chi connectivity index (χ1v) is 13.1. The van der Waals surface area contributed by atoms with Gasteiger partial charge in [0.05, 0.1) is 16.7 Å². The normalized spacial score (nSPS) is 15.2. The highest BCUT2D eigenvalue weighted by Gasteiger charge is 2.30. The number of amides is 1. The van der Waals surface area contributed by atoms with Gasteiger partial charge in [0.15, 0.2) is 6.61 Å². The molecule has 1 aliphatic heterocycles. The number of ether oxygens (including phenoxy) is 1. The number of hydrogen-bond donors (Lipinski definition) is 1. The first kappa shape index (κ1) is 24.6. The minimum atomic E-state index is -3.81. The monoisotopic (exact) mass is 499 g/mol. The van der Waals surface area contributed by atoms with Crippen molar-refractivity contribution >= 4 is 37.6 Å². The van der Waals surface area contributed by atoms with Crippen molar-refractivity contribution in [1.82, 2.24) is 9.21 Å². The van der Waals surface area contributed by atoms with E-state index in [4.69, 9.17) is 4.74 Å². The molecule has 0 unspecified atom stereocenters. The number of esters is 1. The zero-order valence-corrected chi connectivity index (χ0v) is 19.2. The molecule has 1 amide bonds. The minimum Gasteiger partial charge on any atom is -0.452 e. The highest BCUT2D eigenvalue weighted by Crippen LogP contribution is 2.18. The van der Waals surface area contributed by atoms with Crippen molar-refractivity contribution in [2.45, 2.75) is 4.90 Å². The van der Waals surface area contributed by atoms with Crippen LogP contribution in [-0.2, 0) is 29.6 Å². The van der Waals surface area contributed by atoms with Crippen LogP contribution in [0.3, 0.4) is 0 Å². The van der Waals surface area contributed by atoms with Crippen LogP contribution in [0.2, 0.25) is 0 Å². The van der Waals surface area contributed by atoms with E-state index in [-0.39, 0.29) is 42.3 Å². The van der Waals surface area contributed by atoms with E-state index in [1.807, 2.05) is 0 Å². The molecular weight excluding hydrogens is 477 g/mol. The summed E-state index contributed by atoms with van der Waals surface area (Å²) in [5.74, 6) is -1.84. The summed E-state index contributed by atoms with van der Waals surface area (Å²) < 4.78 is 69.5. The van der Waals surface area contributed by atoms with Crippen LogP contribution in [0, 0.1) is 5.82 Å². The molecule has 13 heteroatoms. The summed E-state index contributed by atoms with van der Waals surface area (Å²) in [7, 11) is -7.33. The Balaban J connectivity index is 1.53. The first-order valence-electron chi connectivity index (χ1n) is 9.74. The molecule has 0 saturated carbocycles. The smallest absolute Gasteiger partial charge is 0.338 e. The summed E-state index contributed by atoms with van der Waals surface area (Å²) >= 11 is 0. The lowest BCUT2D eigenvalue weighted by Gasteiger charge is -2.33. The van der Waals surface area contributed by atoms with Crippen molar-refractivity contribution in [3.63, 3.8) is 0 Å². The summed E-state index contributed by atoms with van der Waals surface area (Å²) in [6.45, 7) is -0.264. The number of rotatable bonds is 7. The van der Waals surface area contributed by atoms with Crippen LogP contribution >= 0.6 is 0 Å². The lowest BCUT2D eigenvalue weighted by atomic mass is 10.2. The average molecular weight is 500 g/mol. The number of carbonyl (C=O) groups is 2. The van der Waals surface area contributed by atoms with Gasteiger partial charge in [0.1, 0.15) is 5.82 Å². The number of piperazine rings is 1. The molecule has 1 saturated heterocycles. The van der Waals surface area contributed by atoms with Gasteiger partial charge in [-0.15, -0.1) is 0 Å². The minimum absolute atomic E-state index is 0.0369. The lowest BCUT2D eigenvalue weighted by Crippen LogP contribution is -2.51. The topological polar surface area (TPSA) is 130 Å². The third kappa shape index (κ3) is 6.49. The van der Waals surface area contributed by atoms with Crippen molar-refractivity contribution in [2.24, 2.45) is 0 Å². The van der Waals surface area contributed by atoms with Gasteiger partial charge in [-0.05, 0) is 42.5 Å². The SMILES string of the molecule is CS(=O)(=O)Nc1cccc(C(=O)OCC(=O)N2CCN(S(=O)(=O)c3ccc(F)cc3)CC2)c1. The molecule has 2 aromatic rings. The Morgan fingerprint density at radius 1 is 1.00 bits per heavy atom. The predicted octanol–water partition coefficient (Wildman–Crippen LogP) is 0.887. The lowest BCUT2D eigenvalue weighted by molar-refractivity contribution is -0.135. The Bertz CT molecular complexity index is 1240. The van der Waals surface area contributed by atoms with Gasteiger partial charge in [0.25, 0.3) is 5.91 Å². The first-order chi connectivity index (χ1) is 15.5. The number of anilines is 1. The highest BCUT2D eigenvalue weighted by molar-refractivity contribution is 7.92. The standard InChI is InChI=1S/C20H22FN3O7S2/c1-32(27,28)22-17-4-2-3-15(13-17)20(26)31-14-19(25)23-9-11-24(12-10-23)33(29,30)18-7-5-16(21)6-8-18/h2-8,13,22H,9-12,14H2,1H3. The molecular formula is C20H22FN3O7S2. The van der Waals surface area contributed by atoms with Crippen LogP contribution in [0.25, 0.3) is 0 Å². The van der Waals surface area contributed by atoms with Gasteiger partial charge in [-0.2, -0.15) is 4.31 Å². The van der Waals surface area contributed by atoms with Crippen molar-refractivity contribution in [2.75, 3.05) is 43.8 Å². The Morgan fingerprint density at radius 2 is 1.64 bits per heavy atom. The predicted molar refractivity (Wildman–Crippen MR) is 117 cm³/mol. The average Bonchev–Trinajstić information content (AvgIpc) is 2.76. The van der Waals surface area contributed by atoms with E-state index in [0.717, 1.165) is 18.4 Å². The number of nitrogens with one attached hydrogen (secondary N) is 1. The maximum atomic E-state index is 13.1. The number of benzene rings is 2. The molecule has 33 heavy (non-hydrogen) atoms. The van der Waals surface area contributed by atoms with Crippen LogP contribution in [0.15, 0.2) is 53.4 Å². The van der Waals surface area contributed by atoms with E-state index in [1.54, 1.807) is 0 Å². The molecule has 1 heterocycles. The molecule has 1 aliphatic rings. The van der Waals surface area contributed by atoms with E-state index < -0.39 is 44.3 Å². The van der Waals surface area contributed by atoms with Gasteiger partial charge >= 0.3 is 5.97 Å². The van der Waals surface area contributed by atoms with E-state index in [9.17, 15) is 30.8 Å². The van der Waals surface area contributed by atoms with Gasteiger partial charge in [-0.3, -0.25) is 9.52 Å². The third-order valence-corrected chi connectivity index (χ3v) is 7.29. The molecule has 0 atom stereocenters. The maximum absolute atomic E-state index is 13.1.